The number of hydrogen-bond acceptors (Lipinski definition) is 5. The van der Waals surface area contributed by atoms with Crippen LogP contribution in [0.1, 0.15) is 297 Å². The summed E-state index contributed by atoms with van der Waals surface area (Å²) in [5.41, 5.74) is 0. The minimum Gasteiger partial charge on any atom is -0.462 e. The van der Waals surface area contributed by atoms with Crippen molar-refractivity contribution in [2.24, 2.45) is 0 Å². The van der Waals surface area contributed by atoms with E-state index < -0.39 is 18.2 Å². The molecule has 0 fully saturated rings. The van der Waals surface area contributed by atoms with Gasteiger partial charge in [-0.1, -0.05) is 269 Å². The van der Waals surface area contributed by atoms with E-state index in [-0.39, 0.29) is 24.9 Å². The third-order valence-corrected chi connectivity index (χ3v) is 13.0. The molecule has 0 aliphatic rings. The van der Waals surface area contributed by atoms with E-state index in [2.05, 4.69) is 62.5 Å². The molecule has 0 aromatic rings. The second kappa shape index (κ2) is 52.1. The Morgan fingerprint density at radius 1 is 0.453 bits per heavy atom. The maximum Gasteiger partial charge on any atom is 0.306 e. The summed E-state index contributed by atoms with van der Waals surface area (Å²) in [6.45, 7) is 6.49. The van der Waals surface area contributed by atoms with Crippen molar-refractivity contribution in [2.75, 3.05) is 6.61 Å². The zero-order chi connectivity index (χ0) is 46.7. The van der Waals surface area contributed by atoms with E-state index >= 15 is 0 Å². The third-order valence-electron chi connectivity index (χ3n) is 13.0. The predicted octanol–water partition coefficient (Wildman–Crippen LogP) is 17.2. The maximum atomic E-state index is 13.2. The number of carbonyl (C=O) groups excluding carboxylic acids is 2. The zero-order valence-electron chi connectivity index (χ0n) is 42.9. The highest BCUT2D eigenvalue weighted by Crippen LogP contribution is 2.18. The first-order chi connectivity index (χ1) is 31.5. The first-order valence-corrected chi connectivity index (χ1v) is 28.2. The van der Waals surface area contributed by atoms with E-state index in [4.69, 9.17) is 4.74 Å². The Hall–Kier alpha value is -1.92. The molecule has 0 aliphatic carbocycles. The minimum atomic E-state index is -0.795. The number of allylic oxidation sites excluding steroid dienone is 6. The highest BCUT2D eigenvalue weighted by atomic mass is 16.5. The van der Waals surface area contributed by atoms with Crippen LogP contribution in [0.15, 0.2) is 36.5 Å². The van der Waals surface area contributed by atoms with Gasteiger partial charge in [-0.25, -0.2) is 0 Å². The molecular weight excluding hydrogens is 791 g/mol. The Kier molecular flexibility index (Phi) is 50.5. The van der Waals surface area contributed by atoms with E-state index in [1.807, 2.05) is 0 Å². The first kappa shape index (κ1) is 62.1. The predicted molar refractivity (Wildman–Crippen MR) is 278 cm³/mol. The fourth-order valence-electron chi connectivity index (χ4n) is 8.73. The van der Waals surface area contributed by atoms with Crippen LogP contribution in [0.4, 0.5) is 0 Å². The summed E-state index contributed by atoms with van der Waals surface area (Å²) < 4.78 is 5.94. The van der Waals surface area contributed by atoms with Gasteiger partial charge in [-0.2, -0.15) is 0 Å². The fourth-order valence-corrected chi connectivity index (χ4v) is 8.73. The van der Waals surface area contributed by atoms with E-state index in [1.165, 1.54) is 180 Å². The van der Waals surface area contributed by atoms with Crippen molar-refractivity contribution < 1.29 is 24.5 Å². The molecule has 1 amide bonds. The zero-order valence-corrected chi connectivity index (χ0v) is 42.9. The normalized spacial score (nSPS) is 13.4. The first-order valence-electron chi connectivity index (χ1n) is 28.2. The number of amides is 1. The van der Waals surface area contributed by atoms with Crippen LogP contribution in [0.2, 0.25) is 0 Å². The number of esters is 1. The number of ether oxygens (including phenoxy) is 1. The average Bonchev–Trinajstić information content (AvgIpc) is 3.29. The largest absolute Gasteiger partial charge is 0.462 e. The molecule has 376 valence electrons. The Balaban J connectivity index is 4.60. The smallest absolute Gasteiger partial charge is 0.306 e. The van der Waals surface area contributed by atoms with Crippen molar-refractivity contribution in [1.29, 1.82) is 0 Å². The molecule has 3 N–H and O–H groups in total. The molecule has 0 aromatic carbocycles. The van der Waals surface area contributed by atoms with E-state index in [0.29, 0.717) is 19.3 Å². The molecule has 3 atom stereocenters. The van der Waals surface area contributed by atoms with E-state index in [1.54, 1.807) is 0 Å². The molecule has 0 rings (SSSR count). The third kappa shape index (κ3) is 46.6. The van der Waals surface area contributed by atoms with Gasteiger partial charge in [0, 0.05) is 6.42 Å². The summed E-state index contributed by atoms with van der Waals surface area (Å²) in [4.78, 5) is 26.2. The van der Waals surface area contributed by atoms with Crippen LogP contribution in [0, 0.1) is 0 Å². The minimum absolute atomic E-state index is 0.0591. The van der Waals surface area contributed by atoms with E-state index in [9.17, 15) is 19.8 Å². The highest BCUT2D eigenvalue weighted by Gasteiger charge is 2.24. The van der Waals surface area contributed by atoms with Crippen LogP contribution in [0.3, 0.4) is 0 Å². The lowest BCUT2D eigenvalue weighted by Gasteiger charge is -2.24. The lowest BCUT2D eigenvalue weighted by Crippen LogP contribution is -2.46. The highest BCUT2D eigenvalue weighted by molar-refractivity contribution is 5.77. The van der Waals surface area contributed by atoms with Gasteiger partial charge >= 0.3 is 5.97 Å². The van der Waals surface area contributed by atoms with Crippen molar-refractivity contribution in [3.63, 3.8) is 0 Å². The van der Waals surface area contributed by atoms with Gasteiger partial charge < -0.3 is 20.3 Å². The van der Waals surface area contributed by atoms with Gasteiger partial charge in [-0.15, -0.1) is 0 Å². The van der Waals surface area contributed by atoms with Gasteiger partial charge in [0.2, 0.25) is 5.91 Å². The van der Waals surface area contributed by atoms with Gasteiger partial charge in [0.15, 0.2) is 0 Å². The monoisotopic (exact) mass is 900 g/mol. The maximum absolute atomic E-state index is 13.2. The van der Waals surface area contributed by atoms with Crippen LogP contribution < -0.4 is 5.32 Å². The summed E-state index contributed by atoms with van der Waals surface area (Å²) >= 11 is 0. The Bertz CT molecular complexity index is 1060. The Morgan fingerprint density at radius 3 is 1.20 bits per heavy atom. The second-order valence-electron chi connectivity index (χ2n) is 19.4. The number of hydrogen-bond donors (Lipinski definition) is 3. The molecule has 0 saturated carbocycles. The molecule has 0 heterocycles. The number of rotatable bonds is 51. The summed E-state index contributed by atoms with van der Waals surface area (Å²) in [6.07, 6.45) is 62.0. The number of aliphatic hydroxyl groups is 2. The lowest BCUT2D eigenvalue weighted by atomic mass is 10.0. The summed E-state index contributed by atoms with van der Waals surface area (Å²) in [6, 6.07) is -0.710. The van der Waals surface area contributed by atoms with Crippen molar-refractivity contribution in [1.82, 2.24) is 5.32 Å². The molecule has 0 saturated heterocycles. The van der Waals surface area contributed by atoms with Crippen LogP contribution in [0.25, 0.3) is 0 Å². The molecular formula is C58H109NO5. The number of nitrogens with one attached hydrogen (secondary N) is 1. The van der Waals surface area contributed by atoms with Crippen LogP contribution in [-0.2, 0) is 14.3 Å². The summed E-state index contributed by atoms with van der Waals surface area (Å²) in [5.74, 6) is -0.493. The number of carbonyl (C=O) groups is 2. The second-order valence-corrected chi connectivity index (χ2v) is 19.4. The molecule has 64 heavy (non-hydrogen) atoms. The van der Waals surface area contributed by atoms with E-state index in [0.717, 1.165) is 70.6 Å². The Morgan fingerprint density at radius 2 is 0.797 bits per heavy atom. The standard InChI is InChI=1S/C58H109NO5/c1-4-7-10-13-16-19-22-25-28-30-31-34-37-40-43-46-49-54(64-58(63)51-48-45-42-39-36-33-27-24-21-18-15-12-9-6-3)52-57(62)59-55(53-60)56(61)50-47-44-41-38-35-32-29-26-23-20-17-14-11-8-5-2/h22,25,28,30-31,34,54-56,60-61H,4-21,23-24,26-27,29,32-33,35-53H2,1-3H3,(H,59,62)/b25-22+,30-28+,34-31+. The molecule has 6 heteroatoms. The van der Waals surface area contributed by atoms with Crippen LogP contribution >= 0.6 is 0 Å². The Labute approximate surface area is 398 Å². The number of unbranched alkanes of at least 4 members (excludes halogenated alkanes) is 35. The van der Waals surface area contributed by atoms with Crippen molar-refractivity contribution >= 4 is 11.9 Å². The summed E-state index contributed by atoms with van der Waals surface area (Å²) in [7, 11) is 0. The quantitative estimate of drug-likeness (QED) is 0.0321. The van der Waals surface area contributed by atoms with Crippen LogP contribution in [-0.4, -0.2) is 46.9 Å². The van der Waals surface area contributed by atoms with Gasteiger partial charge in [0.05, 0.1) is 25.2 Å². The average molecular weight is 901 g/mol. The van der Waals surface area contributed by atoms with Crippen molar-refractivity contribution in [3.05, 3.63) is 36.5 Å². The van der Waals surface area contributed by atoms with Crippen molar-refractivity contribution in [3.8, 4) is 0 Å². The molecule has 0 spiro atoms. The van der Waals surface area contributed by atoms with Gasteiger partial charge in [-0.3, -0.25) is 9.59 Å². The van der Waals surface area contributed by atoms with Gasteiger partial charge in [0.1, 0.15) is 6.10 Å². The van der Waals surface area contributed by atoms with Crippen molar-refractivity contribution in [2.45, 2.75) is 315 Å². The molecule has 0 bridgehead atoms. The van der Waals surface area contributed by atoms with Gasteiger partial charge in [-0.05, 0) is 51.4 Å². The lowest BCUT2D eigenvalue weighted by molar-refractivity contribution is -0.151. The molecule has 6 nitrogen and oxygen atoms in total. The SMILES string of the molecule is CCCCCCC/C=C/C=C/C=C/CCCCCC(CC(=O)NC(CO)C(O)CCCCCCCCCCCCCCCCC)OC(=O)CCCCCCCCCCCCCCCC. The van der Waals surface area contributed by atoms with Crippen LogP contribution in [0.5, 0.6) is 0 Å². The topological polar surface area (TPSA) is 95.9 Å². The molecule has 3 unspecified atom stereocenters. The molecule has 0 aliphatic heterocycles. The molecule has 0 radical (unpaired) electrons. The fraction of sp³-hybridized carbons (Fsp3) is 0.862. The summed E-state index contributed by atoms with van der Waals surface area (Å²) in [5, 5.41) is 23.9. The number of aliphatic hydroxyl groups excluding tert-OH is 2. The molecule has 0 aromatic heterocycles. The van der Waals surface area contributed by atoms with Gasteiger partial charge in [0.25, 0.3) is 0 Å².